The lowest BCUT2D eigenvalue weighted by Crippen LogP contribution is -2.29. The minimum Gasteiger partial charge on any atom is -0.362 e. The molecule has 0 saturated carbocycles. The number of nitrogens with one attached hydrogen (secondary N) is 2. The summed E-state index contributed by atoms with van der Waals surface area (Å²) in [6.45, 7) is 4.89. The zero-order chi connectivity index (χ0) is 19.0. The van der Waals surface area contributed by atoms with Crippen molar-refractivity contribution in [3.05, 3.63) is 80.7 Å². The van der Waals surface area contributed by atoms with Crippen LogP contribution in [0.4, 0.5) is 0 Å². The standard InChI is InChI=1S/C20H20IN5S/c1-12-16(17(21)13(2)24-12)19-18(15-8-4-6-10-23-15)25-20(27)26(19)11-14-7-3-5-9-22-14/h3-10,18-19,24H,11H2,1-2H3,(H,25,27). The number of aryl methyl sites for hydroxylation is 2. The summed E-state index contributed by atoms with van der Waals surface area (Å²) in [6, 6.07) is 12.0. The van der Waals surface area contributed by atoms with E-state index in [4.69, 9.17) is 12.2 Å². The second-order valence-electron chi connectivity index (χ2n) is 6.68. The van der Waals surface area contributed by atoms with Crippen LogP contribution in [0.1, 0.15) is 40.4 Å². The molecule has 138 valence electrons. The fourth-order valence-corrected chi connectivity index (χ4v) is 4.84. The van der Waals surface area contributed by atoms with Crippen LogP contribution in [-0.2, 0) is 6.54 Å². The van der Waals surface area contributed by atoms with Crippen molar-refractivity contribution in [3.8, 4) is 0 Å². The molecule has 7 heteroatoms. The maximum Gasteiger partial charge on any atom is 0.170 e. The molecule has 4 heterocycles. The average molecular weight is 489 g/mol. The van der Waals surface area contributed by atoms with Gasteiger partial charge in [0.25, 0.3) is 0 Å². The van der Waals surface area contributed by atoms with E-state index in [1.807, 2.05) is 42.7 Å². The predicted molar refractivity (Wildman–Crippen MR) is 118 cm³/mol. The number of hydrogen-bond acceptors (Lipinski definition) is 3. The lowest BCUT2D eigenvalue weighted by Gasteiger charge is -2.28. The first kappa shape index (κ1) is 18.4. The number of thiocarbonyl (C=S) groups is 1. The van der Waals surface area contributed by atoms with E-state index in [9.17, 15) is 0 Å². The molecule has 5 nitrogen and oxygen atoms in total. The second kappa shape index (κ2) is 7.55. The summed E-state index contributed by atoms with van der Waals surface area (Å²) in [5.74, 6) is 0. The van der Waals surface area contributed by atoms with Gasteiger partial charge >= 0.3 is 0 Å². The van der Waals surface area contributed by atoms with Crippen LogP contribution in [0.2, 0.25) is 0 Å². The van der Waals surface area contributed by atoms with E-state index in [1.54, 1.807) is 0 Å². The van der Waals surface area contributed by atoms with E-state index < -0.39 is 0 Å². The molecule has 0 radical (unpaired) electrons. The minimum absolute atomic E-state index is 0.00942. The van der Waals surface area contributed by atoms with E-state index in [1.165, 1.54) is 20.5 Å². The number of aromatic nitrogens is 3. The van der Waals surface area contributed by atoms with Crippen molar-refractivity contribution in [2.45, 2.75) is 32.5 Å². The maximum atomic E-state index is 5.73. The SMILES string of the molecule is Cc1[nH]c(C)c(C2C(c3ccccn3)NC(=S)N2Cc2ccccn2)c1I. The van der Waals surface area contributed by atoms with Gasteiger partial charge in [-0.1, -0.05) is 12.1 Å². The summed E-state index contributed by atoms with van der Waals surface area (Å²) < 4.78 is 1.24. The van der Waals surface area contributed by atoms with Gasteiger partial charge in [-0.2, -0.15) is 0 Å². The predicted octanol–water partition coefficient (Wildman–Crippen LogP) is 4.20. The van der Waals surface area contributed by atoms with Crippen molar-refractivity contribution in [2.24, 2.45) is 0 Å². The van der Waals surface area contributed by atoms with E-state index in [-0.39, 0.29) is 12.1 Å². The highest BCUT2D eigenvalue weighted by atomic mass is 127. The van der Waals surface area contributed by atoms with Gasteiger partial charge in [-0.3, -0.25) is 9.97 Å². The topological polar surface area (TPSA) is 56.8 Å². The summed E-state index contributed by atoms with van der Waals surface area (Å²) in [5.41, 5.74) is 5.60. The van der Waals surface area contributed by atoms with Gasteiger partial charge < -0.3 is 15.2 Å². The Morgan fingerprint density at radius 1 is 1.07 bits per heavy atom. The molecule has 27 heavy (non-hydrogen) atoms. The molecular formula is C20H20IN5S. The third kappa shape index (κ3) is 3.45. The molecule has 3 aromatic rings. The molecule has 2 N–H and O–H groups in total. The Morgan fingerprint density at radius 2 is 1.81 bits per heavy atom. The maximum absolute atomic E-state index is 5.73. The number of hydrogen-bond donors (Lipinski definition) is 2. The third-order valence-electron chi connectivity index (χ3n) is 4.90. The molecule has 2 atom stereocenters. The first-order chi connectivity index (χ1) is 13.1. The summed E-state index contributed by atoms with van der Waals surface area (Å²) in [5, 5.41) is 4.23. The average Bonchev–Trinajstić information content (AvgIpc) is 3.12. The number of aromatic amines is 1. The van der Waals surface area contributed by atoms with Crippen LogP contribution >= 0.6 is 34.8 Å². The van der Waals surface area contributed by atoms with Crippen LogP contribution < -0.4 is 5.32 Å². The third-order valence-corrected chi connectivity index (χ3v) is 6.64. The van der Waals surface area contributed by atoms with E-state index in [0.29, 0.717) is 6.54 Å². The summed E-state index contributed by atoms with van der Waals surface area (Å²) >= 11 is 8.16. The number of H-pyrrole nitrogens is 1. The van der Waals surface area contributed by atoms with Crippen molar-refractivity contribution in [3.63, 3.8) is 0 Å². The Bertz CT molecular complexity index is 957. The monoisotopic (exact) mass is 489 g/mol. The molecule has 3 aromatic heterocycles. The quantitative estimate of drug-likeness (QED) is 0.425. The van der Waals surface area contributed by atoms with Gasteiger partial charge in [0.2, 0.25) is 0 Å². The molecule has 0 spiro atoms. The van der Waals surface area contributed by atoms with Crippen LogP contribution in [0, 0.1) is 17.4 Å². The first-order valence-electron chi connectivity index (χ1n) is 8.79. The Balaban J connectivity index is 1.80. The normalized spacial score (nSPS) is 19.4. The highest BCUT2D eigenvalue weighted by molar-refractivity contribution is 14.1. The van der Waals surface area contributed by atoms with Gasteiger partial charge in [-0.05, 0) is 72.9 Å². The Labute approximate surface area is 177 Å². The van der Waals surface area contributed by atoms with Gasteiger partial charge in [0, 0.05) is 32.9 Å². The second-order valence-corrected chi connectivity index (χ2v) is 8.14. The van der Waals surface area contributed by atoms with Crippen LogP contribution in [0.3, 0.4) is 0 Å². The van der Waals surface area contributed by atoms with Crippen LogP contribution in [0.15, 0.2) is 48.8 Å². The molecule has 4 rings (SSSR count). The van der Waals surface area contributed by atoms with E-state index in [0.717, 1.165) is 16.5 Å². The van der Waals surface area contributed by atoms with Gasteiger partial charge in [-0.15, -0.1) is 0 Å². The fourth-order valence-electron chi connectivity index (χ4n) is 3.68. The van der Waals surface area contributed by atoms with Crippen LogP contribution in [0.25, 0.3) is 0 Å². The fraction of sp³-hybridized carbons (Fsp3) is 0.250. The molecule has 0 bridgehead atoms. The number of pyridine rings is 2. The first-order valence-corrected chi connectivity index (χ1v) is 10.3. The van der Waals surface area contributed by atoms with Gasteiger partial charge in [-0.25, -0.2) is 0 Å². The lowest BCUT2D eigenvalue weighted by atomic mass is 9.96. The molecule has 2 unspecified atom stereocenters. The summed E-state index contributed by atoms with van der Waals surface area (Å²) in [6.07, 6.45) is 3.65. The molecule has 1 aliphatic heterocycles. The van der Waals surface area contributed by atoms with E-state index in [2.05, 4.69) is 67.7 Å². The van der Waals surface area contributed by atoms with Crippen molar-refractivity contribution >= 4 is 39.9 Å². The molecule has 0 aliphatic carbocycles. The number of halogens is 1. The Kier molecular flexibility index (Phi) is 5.14. The zero-order valence-corrected chi connectivity index (χ0v) is 18.1. The zero-order valence-electron chi connectivity index (χ0n) is 15.1. The van der Waals surface area contributed by atoms with Crippen LogP contribution in [-0.4, -0.2) is 25.0 Å². The highest BCUT2D eigenvalue weighted by Crippen LogP contribution is 2.42. The molecule has 1 fully saturated rings. The molecule has 1 aliphatic rings. The van der Waals surface area contributed by atoms with Crippen LogP contribution in [0.5, 0.6) is 0 Å². The molecule has 0 amide bonds. The summed E-state index contributed by atoms with van der Waals surface area (Å²) in [7, 11) is 0. The largest absolute Gasteiger partial charge is 0.362 e. The lowest BCUT2D eigenvalue weighted by molar-refractivity contribution is 0.306. The summed E-state index contributed by atoms with van der Waals surface area (Å²) in [4.78, 5) is 14.8. The molecule has 0 aromatic carbocycles. The van der Waals surface area contributed by atoms with Crippen molar-refractivity contribution in [2.75, 3.05) is 0 Å². The van der Waals surface area contributed by atoms with Gasteiger partial charge in [0.15, 0.2) is 5.11 Å². The van der Waals surface area contributed by atoms with Crippen molar-refractivity contribution < 1.29 is 0 Å². The molecule has 1 saturated heterocycles. The highest BCUT2D eigenvalue weighted by Gasteiger charge is 2.42. The number of rotatable bonds is 4. The van der Waals surface area contributed by atoms with Gasteiger partial charge in [0.1, 0.15) is 0 Å². The van der Waals surface area contributed by atoms with Gasteiger partial charge in [0.05, 0.1) is 30.0 Å². The Hall–Kier alpha value is -2.00. The Morgan fingerprint density at radius 3 is 2.41 bits per heavy atom. The minimum atomic E-state index is -0.00942. The van der Waals surface area contributed by atoms with Crippen molar-refractivity contribution in [1.29, 1.82) is 0 Å². The molecular weight excluding hydrogens is 469 g/mol. The van der Waals surface area contributed by atoms with E-state index >= 15 is 0 Å². The van der Waals surface area contributed by atoms with Crippen molar-refractivity contribution in [1.82, 2.24) is 25.2 Å². The number of nitrogens with zero attached hydrogens (tertiary/aromatic N) is 3. The smallest absolute Gasteiger partial charge is 0.170 e.